The van der Waals surface area contributed by atoms with Crippen LogP contribution < -0.4 is 4.74 Å². The maximum absolute atomic E-state index is 12.2. The van der Waals surface area contributed by atoms with E-state index in [2.05, 4.69) is 15.9 Å². The SMILES string of the molecule is COCCOc1cc(Br)ccc1C(=O)ON1C(=O)CCC1=O. The number of hydrogen-bond donors (Lipinski definition) is 0. The molecule has 0 spiro atoms. The van der Waals surface area contributed by atoms with Crippen LogP contribution in [0, 0.1) is 0 Å². The molecule has 1 saturated heterocycles. The highest BCUT2D eigenvalue weighted by atomic mass is 79.9. The number of carbonyl (C=O) groups excluding carboxylic acids is 3. The van der Waals surface area contributed by atoms with Crippen molar-refractivity contribution < 1.29 is 28.7 Å². The lowest BCUT2D eigenvalue weighted by Crippen LogP contribution is -2.32. The Kier molecular flexibility index (Phi) is 5.51. The maximum atomic E-state index is 12.2. The molecule has 7 nitrogen and oxygen atoms in total. The number of hydrogen-bond acceptors (Lipinski definition) is 6. The van der Waals surface area contributed by atoms with E-state index in [0.717, 1.165) is 0 Å². The van der Waals surface area contributed by atoms with Crippen LogP contribution >= 0.6 is 15.9 Å². The Labute approximate surface area is 135 Å². The van der Waals surface area contributed by atoms with Gasteiger partial charge in [-0.2, -0.15) is 0 Å². The van der Waals surface area contributed by atoms with Gasteiger partial charge in [-0.05, 0) is 18.2 Å². The summed E-state index contributed by atoms with van der Waals surface area (Å²) in [5.41, 5.74) is 0.117. The Morgan fingerprint density at radius 2 is 1.91 bits per heavy atom. The van der Waals surface area contributed by atoms with Gasteiger partial charge in [0, 0.05) is 24.4 Å². The molecule has 0 bridgehead atoms. The Bertz CT molecular complexity index is 587. The molecular formula is C14H14BrNO6. The first kappa shape index (κ1) is 16.4. The van der Waals surface area contributed by atoms with E-state index in [9.17, 15) is 14.4 Å². The second-order valence-corrected chi connectivity index (χ2v) is 5.36. The van der Waals surface area contributed by atoms with Crippen LogP contribution in [0.4, 0.5) is 0 Å². The van der Waals surface area contributed by atoms with Crippen LogP contribution in [0.2, 0.25) is 0 Å². The van der Waals surface area contributed by atoms with Gasteiger partial charge in [-0.1, -0.05) is 15.9 Å². The molecule has 0 N–H and O–H groups in total. The monoisotopic (exact) mass is 371 g/mol. The first-order chi connectivity index (χ1) is 10.5. The minimum absolute atomic E-state index is 0.0453. The largest absolute Gasteiger partial charge is 0.490 e. The molecule has 1 heterocycles. The molecule has 22 heavy (non-hydrogen) atoms. The van der Waals surface area contributed by atoms with E-state index in [0.29, 0.717) is 16.1 Å². The number of hydroxylamine groups is 2. The molecule has 1 aromatic carbocycles. The number of methoxy groups -OCH3 is 1. The van der Waals surface area contributed by atoms with Crippen LogP contribution in [-0.2, 0) is 19.2 Å². The zero-order valence-corrected chi connectivity index (χ0v) is 13.4. The van der Waals surface area contributed by atoms with Gasteiger partial charge in [-0.3, -0.25) is 9.59 Å². The van der Waals surface area contributed by atoms with E-state index in [1.54, 1.807) is 12.1 Å². The summed E-state index contributed by atoms with van der Waals surface area (Å²) in [5, 5.41) is 0.503. The van der Waals surface area contributed by atoms with E-state index in [4.69, 9.17) is 14.3 Å². The summed E-state index contributed by atoms with van der Waals surface area (Å²) < 4.78 is 11.0. The van der Waals surface area contributed by atoms with Gasteiger partial charge in [0.25, 0.3) is 11.8 Å². The number of halogens is 1. The average Bonchev–Trinajstić information content (AvgIpc) is 2.79. The molecule has 0 aliphatic carbocycles. The predicted octanol–water partition coefficient (Wildman–Crippen LogP) is 1.70. The fourth-order valence-electron chi connectivity index (χ4n) is 1.81. The second-order valence-electron chi connectivity index (χ2n) is 4.44. The molecule has 1 fully saturated rings. The zero-order chi connectivity index (χ0) is 16.1. The lowest BCUT2D eigenvalue weighted by atomic mass is 10.2. The number of amides is 2. The van der Waals surface area contributed by atoms with E-state index in [1.807, 2.05) is 0 Å². The summed E-state index contributed by atoms with van der Waals surface area (Å²) in [4.78, 5) is 40.0. The topological polar surface area (TPSA) is 82.1 Å². The van der Waals surface area contributed by atoms with E-state index >= 15 is 0 Å². The van der Waals surface area contributed by atoms with Crippen LogP contribution in [0.15, 0.2) is 22.7 Å². The predicted molar refractivity (Wildman–Crippen MR) is 78.0 cm³/mol. The lowest BCUT2D eigenvalue weighted by molar-refractivity contribution is -0.172. The van der Waals surface area contributed by atoms with Crippen LogP contribution in [-0.4, -0.2) is 43.2 Å². The van der Waals surface area contributed by atoms with Gasteiger partial charge in [0.1, 0.15) is 17.9 Å². The van der Waals surface area contributed by atoms with Gasteiger partial charge >= 0.3 is 5.97 Å². The summed E-state index contributed by atoms with van der Waals surface area (Å²) in [5.74, 6) is -1.62. The Hall–Kier alpha value is -1.93. The van der Waals surface area contributed by atoms with Crippen molar-refractivity contribution in [3.63, 3.8) is 0 Å². The van der Waals surface area contributed by atoms with Gasteiger partial charge in [-0.25, -0.2) is 4.79 Å². The molecule has 1 aromatic rings. The summed E-state index contributed by atoms with van der Waals surface area (Å²) in [6.07, 6.45) is 0.0906. The smallest absolute Gasteiger partial charge is 0.367 e. The normalized spacial score (nSPS) is 14.4. The minimum atomic E-state index is -0.830. The molecule has 0 radical (unpaired) electrons. The van der Waals surface area contributed by atoms with Gasteiger partial charge in [0.05, 0.1) is 6.61 Å². The Morgan fingerprint density at radius 3 is 2.55 bits per heavy atom. The van der Waals surface area contributed by atoms with Crippen molar-refractivity contribution in [3.05, 3.63) is 28.2 Å². The Balaban J connectivity index is 2.14. The number of imide groups is 1. The number of carbonyl (C=O) groups is 3. The maximum Gasteiger partial charge on any atom is 0.367 e. The van der Waals surface area contributed by atoms with Crippen molar-refractivity contribution in [3.8, 4) is 5.75 Å². The van der Waals surface area contributed by atoms with Crippen molar-refractivity contribution in [2.45, 2.75) is 12.8 Å². The first-order valence-corrected chi connectivity index (χ1v) is 7.31. The van der Waals surface area contributed by atoms with Crippen LogP contribution in [0.3, 0.4) is 0 Å². The van der Waals surface area contributed by atoms with Crippen molar-refractivity contribution in [1.29, 1.82) is 0 Å². The second kappa shape index (κ2) is 7.37. The lowest BCUT2D eigenvalue weighted by Gasteiger charge is -2.15. The third-order valence-electron chi connectivity index (χ3n) is 2.89. The Morgan fingerprint density at radius 1 is 1.23 bits per heavy atom. The quantitative estimate of drug-likeness (QED) is 0.559. The van der Waals surface area contributed by atoms with Gasteiger partial charge in [-0.15, -0.1) is 5.06 Å². The summed E-state index contributed by atoms with van der Waals surface area (Å²) in [6.45, 7) is 0.596. The fourth-order valence-corrected chi connectivity index (χ4v) is 2.15. The van der Waals surface area contributed by atoms with Crippen molar-refractivity contribution >= 4 is 33.7 Å². The first-order valence-electron chi connectivity index (χ1n) is 6.52. The highest BCUT2D eigenvalue weighted by molar-refractivity contribution is 9.10. The fraction of sp³-hybridized carbons (Fsp3) is 0.357. The third kappa shape index (κ3) is 3.83. The molecule has 8 heteroatoms. The van der Waals surface area contributed by atoms with Crippen molar-refractivity contribution in [1.82, 2.24) is 5.06 Å². The number of nitrogens with zero attached hydrogens (tertiary/aromatic N) is 1. The van der Waals surface area contributed by atoms with E-state index < -0.39 is 17.8 Å². The van der Waals surface area contributed by atoms with Gasteiger partial charge in [0.15, 0.2) is 0 Å². The van der Waals surface area contributed by atoms with Crippen molar-refractivity contribution in [2.24, 2.45) is 0 Å². The van der Waals surface area contributed by atoms with Crippen LogP contribution in [0.1, 0.15) is 23.2 Å². The summed E-state index contributed by atoms with van der Waals surface area (Å²) in [7, 11) is 1.53. The number of benzene rings is 1. The van der Waals surface area contributed by atoms with Crippen LogP contribution in [0.25, 0.3) is 0 Å². The molecular weight excluding hydrogens is 358 g/mol. The highest BCUT2D eigenvalue weighted by Crippen LogP contribution is 2.25. The number of rotatable bonds is 6. The molecule has 2 rings (SSSR count). The molecule has 2 amide bonds. The summed E-state index contributed by atoms with van der Waals surface area (Å²) in [6, 6.07) is 4.72. The van der Waals surface area contributed by atoms with Crippen molar-refractivity contribution in [2.75, 3.05) is 20.3 Å². The highest BCUT2D eigenvalue weighted by Gasteiger charge is 2.33. The zero-order valence-electron chi connectivity index (χ0n) is 11.8. The van der Waals surface area contributed by atoms with Gasteiger partial charge < -0.3 is 14.3 Å². The number of ether oxygens (including phenoxy) is 2. The minimum Gasteiger partial charge on any atom is -0.490 e. The average molecular weight is 372 g/mol. The molecule has 118 valence electrons. The third-order valence-corrected chi connectivity index (χ3v) is 3.38. The van der Waals surface area contributed by atoms with E-state index in [-0.39, 0.29) is 30.8 Å². The van der Waals surface area contributed by atoms with Gasteiger partial charge in [0.2, 0.25) is 0 Å². The molecule has 1 aliphatic heterocycles. The standard InChI is InChI=1S/C14H14BrNO6/c1-20-6-7-21-11-8-9(15)2-3-10(11)14(19)22-16-12(17)4-5-13(16)18/h2-3,8H,4-7H2,1H3. The molecule has 0 saturated carbocycles. The van der Waals surface area contributed by atoms with E-state index in [1.165, 1.54) is 13.2 Å². The summed E-state index contributed by atoms with van der Waals surface area (Å²) >= 11 is 3.28. The molecule has 1 aliphatic rings. The molecule has 0 aromatic heterocycles. The van der Waals surface area contributed by atoms with Crippen LogP contribution in [0.5, 0.6) is 5.75 Å². The molecule has 0 atom stereocenters. The molecule has 0 unspecified atom stereocenters.